The zero-order chi connectivity index (χ0) is 16.9. The van der Waals surface area contributed by atoms with Gasteiger partial charge in [0.05, 0.1) is 0 Å². The summed E-state index contributed by atoms with van der Waals surface area (Å²) in [5.74, 6) is 3.17. The number of rotatable bonds is 4. The van der Waals surface area contributed by atoms with E-state index >= 15 is 0 Å². The van der Waals surface area contributed by atoms with Crippen LogP contribution in [0.3, 0.4) is 0 Å². The second kappa shape index (κ2) is 9.85. The van der Waals surface area contributed by atoms with Crippen LogP contribution in [0.2, 0.25) is 0 Å². The molecule has 1 atom stereocenters. The summed E-state index contributed by atoms with van der Waals surface area (Å²) in [6.07, 6.45) is 3.82. The van der Waals surface area contributed by atoms with E-state index in [1.807, 2.05) is 37.3 Å². The minimum absolute atomic E-state index is 0. The van der Waals surface area contributed by atoms with Crippen molar-refractivity contribution < 1.29 is 0 Å². The molecule has 24 heavy (non-hydrogen) atoms. The van der Waals surface area contributed by atoms with Crippen LogP contribution in [0.15, 0.2) is 29.5 Å². The van der Waals surface area contributed by atoms with E-state index in [0.29, 0.717) is 11.8 Å². The van der Waals surface area contributed by atoms with Crippen molar-refractivity contribution in [3.05, 3.63) is 30.1 Å². The molecule has 136 valence electrons. The SMILES string of the molecule is CN=C(NCC(c1cccnc1)C(C)C)N1CCSC(C)(C)C1.I. The molecule has 2 heterocycles. The van der Waals surface area contributed by atoms with Gasteiger partial charge in [0.1, 0.15) is 0 Å². The Labute approximate surface area is 168 Å². The van der Waals surface area contributed by atoms with Gasteiger partial charge in [-0.3, -0.25) is 9.98 Å². The van der Waals surface area contributed by atoms with Crippen LogP contribution in [0.5, 0.6) is 0 Å². The fourth-order valence-corrected chi connectivity index (χ4v) is 4.18. The van der Waals surface area contributed by atoms with Crippen molar-refractivity contribution in [1.82, 2.24) is 15.2 Å². The maximum absolute atomic E-state index is 4.51. The summed E-state index contributed by atoms with van der Waals surface area (Å²) in [6, 6.07) is 4.19. The summed E-state index contributed by atoms with van der Waals surface area (Å²) in [4.78, 5) is 11.2. The van der Waals surface area contributed by atoms with Crippen LogP contribution in [0.25, 0.3) is 0 Å². The first kappa shape index (κ1) is 21.5. The Kier molecular flexibility index (Phi) is 8.84. The topological polar surface area (TPSA) is 40.5 Å². The molecule has 1 N–H and O–H groups in total. The molecule has 1 aliphatic rings. The van der Waals surface area contributed by atoms with Crippen LogP contribution in [0.1, 0.15) is 39.2 Å². The second-order valence-corrected chi connectivity index (χ2v) is 8.90. The molecule has 0 aromatic carbocycles. The number of hydrogen-bond donors (Lipinski definition) is 1. The first-order valence-corrected chi connectivity index (χ1v) is 9.41. The number of aromatic nitrogens is 1. The van der Waals surface area contributed by atoms with E-state index in [1.54, 1.807) is 0 Å². The molecule has 0 radical (unpaired) electrons. The van der Waals surface area contributed by atoms with Crippen LogP contribution in [0, 0.1) is 5.92 Å². The third-order valence-electron chi connectivity index (χ3n) is 4.33. The van der Waals surface area contributed by atoms with Crippen LogP contribution in [-0.4, -0.2) is 53.0 Å². The average Bonchev–Trinajstić information content (AvgIpc) is 2.51. The van der Waals surface area contributed by atoms with Crippen molar-refractivity contribution in [2.75, 3.05) is 32.4 Å². The predicted octanol–water partition coefficient (Wildman–Crippen LogP) is 3.84. The zero-order valence-electron chi connectivity index (χ0n) is 15.5. The molecule has 0 aliphatic carbocycles. The summed E-state index contributed by atoms with van der Waals surface area (Å²) < 4.78 is 0.288. The molecule has 1 aromatic heterocycles. The highest BCUT2D eigenvalue weighted by molar-refractivity contribution is 14.0. The molecule has 0 amide bonds. The zero-order valence-corrected chi connectivity index (χ0v) is 18.6. The number of nitrogens with one attached hydrogen (secondary N) is 1. The molecule has 1 aliphatic heterocycles. The molecule has 0 saturated carbocycles. The van der Waals surface area contributed by atoms with Crippen molar-refractivity contribution in [2.24, 2.45) is 10.9 Å². The van der Waals surface area contributed by atoms with Crippen molar-refractivity contribution in [3.63, 3.8) is 0 Å². The van der Waals surface area contributed by atoms with Gasteiger partial charge in [-0.1, -0.05) is 19.9 Å². The van der Waals surface area contributed by atoms with E-state index in [4.69, 9.17) is 0 Å². The molecule has 0 spiro atoms. The number of halogens is 1. The van der Waals surface area contributed by atoms with Gasteiger partial charge in [-0.25, -0.2) is 0 Å². The predicted molar refractivity (Wildman–Crippen MR) is 117 cm³/mol. The van der Waals surface area contributed by atoms with Gasteiger partial charge in [0.2, 0.25) is 0 Å². The maximum Gasteiger partial charge on any atom is 0.193 e. The molecule has 1 aromatic rings. The highest BCUT2D eigenvalue weighted by Gasteiger charge is 2.29. The van der Waals surface area contributed by atoms with Gasteiger partial charge in [-0.15, -0.1) is 24.0 Å². The van der Waals surface area contributed by atoms with Gasteiger partial charge < -0.3 is 10.2 Å². The summed E-state index contributed by atoms with van der Waals surface area (Å²) in [5.41, 5.74) is 1.29. The highest BCUT2D eigenvalue weighted by Crippen LogP contribution is 2.29. The lowest BCUT2D eigenvalue weighted by Crippen LogP contribution is -2.51. The monoisotopic (exact) mass is 462 g/mol. The largest absolute Gasteiger partial charge is 0.356 e. The normalized spacial score (nSPS) is 18.9. The second-order valence-electron chi connectivity index (χ2n) is 7.09. The Morgan fingerprint density at radius 2 is 2.21 bits per heavy atom. The summed E-state index contributed by atoms with van der Waals surface area (Å²) in [5, 5.41) is 3.60. The first-order valence-electron chi connectivity index (χ1n) is 8.42. The van der Waals surface area contributed by atoms with Crippen molar-refractivity contribution >= 4 is 41.7 Å². The summed E-state index contributed by atoms with van der Waals surface area (Å²) >= 11 is 2.05. The molecule has 1 fully saturated rings. The standard InChI is InChI=1S/C18H30N4S.HI/c1-14(2)16(15-7-6-8-20-11-15)12-21-17(19-5)22-9-10-23-18(3,4)13-22;/h6-8,11,14,16H,9-10,12-13H2,1-5H3,(H,19,21);1H. The minimum Gasteiger partial charge on any atom is -0.356 e. The molecule has 6 heteroatoms. The van der Waals surface area contributed by atoms with Gasteiger partial charge in [-0.2, -0.15) is 11.8 Å². The highest BCUT2D eigenvalue weighted by atomic mass is 127. The van der Waals surface area contributed by atoms with Crippen molar-refractivity contribution in [1.29, 1.82) is 0 Å². The summed E-state index contributed by atoms with van der Waals surface area (Å²) in [7, 11) is 1.88. The number of thioether (sulfide) groups is 1. The van der Waals surface area contributed by atoms with Crippen LogP contribution >= 0.6 is 35.7 Å². The van der Waals surface area contributed by atoms with Crippen molar-refractivity contribution in [2.45, 2.75) is 38.4 Å². The van der Waals surface area contributed by atoms with E-state index < -0.39 is 0 Å². The Bertz CT molecular complexity index is 519. The Balaban J connectivity index is 0.00000288. The van der Waals surface area contributed by atoms with Gasteiger partial charge in [-0.05, 0) is 31.4 Å². The quantitative estimate of drug-likeness (QED) is 0.420. The Hall–Kier alpha value is -0.500. The third kappa shape index (κ3) is 6.10. The number of nitrogens with zero attached hydrogens (tertiary/aromatic N) is 3. The van der Waals surface area contributed by atoms with Crippen LogP contribution < -0.4 is 5.32 Å². The van der Waals surface area contributed by atoms with Gasteiger partial charge >= 0.3 is 0 Å². The Morgan fingerprint density at radius 3 is 2.75 bits per heavy atom. The maximum atomic E-state index is 4.51. The molecular formula is C18H31IN4S. The Morgan fingerprint density at radius 1 is 1.46 bits per heavy atom. The first-order chi connectivity index (χ1) is 10.9. The van der Waals surface area contributed by atoms with Gasteiger partial charge in [0.25, 0.3) is 0 Å². The fraction of sp³-hybridized carbons (Fsp3) is 0.667. The van der Waals surface area contributed by atoms with Gasteiger partial charge in [0.15, 0.2) is 5.96 Å². The van der Waals surface area contributed by atoms with Crippen LogP contribution in [-0.2, 0) is 0 Å². The molecule has 0 bridgehead atoms. The summed E-state index contributed by atoms with van der Waals surface area (Å²) in [6.45, 7) is 12.1. The lowest BCUT2D eigenvalue weighted by atomic mass is 9.89. The molecule has 2 rings (SSSR count). The lowest BCUT2D eigenvalue weighted by molar-refractivity contribution is 0.371. The van der Waals surface area contributed by atoms with Crippen molar-refractivity contribution in [3.8, 4) is 0 Å². The van der Waals surface area contributed by atoms with E-state index in [2.05, 4.69) is 54.0 Å². The minimum atomic E-state index is 0. The fourth-order valence-electron chi connectivity index (χ4n) is 3.06. The number of aliphatic imine (C=N–C) groups is 1. The smallest absolute Gasteiger partial charge is 0.193 e. The van der Waals surface area contributed by atoms with E-state index in [-0.39, 0.29) is 28.7 Å². The molecule has 1 unspecified atom stereocenters. The van der Waals surface area contributed by atoms with Gasteiger partial charge in [0, 0.05) is 55.5 Å². The molecule has 1 saturated heterocycles. The van der Waals surface area contributed by atoms with E-state index in [0.717, 1.165) is 31.3 Å². The van der Waals surface area contributed by atoms with E-state index in [1.165, 1.54) is 5.56 Å². The lowest BCUT2D eigenvalue weighted by Gasteiger charge is -2.39. The average molecular weight is 462 g/mol. The number of pyridine rings is 1. The number of guanidine groups is 1. The van der Waals surface area contributed by atoms with Crippen LogP contribution in [0.4, 0.5) is 0 Å². The van der Waals surface area contributed by atoms with E-state index in [9.17, 15) is 0 Å². The third-order valence-corrected chi connectivity index (χ3v) is 5.63. The number of hydrogen-bond acceptors (Lipinski definition) is 3. The molecule has 4 nitrogen and oxygen atoms in total. The molecular weight excluding hydrogens is 431 g/mol.